The zero-order chi connectivity index (χ0) is 15.1. The Morgan fingerprint density at radius 3 is 2.62 bits per heavy atom. The molecule has 0 amide bonds. The molecule has 21 heavy (non-hydrogen) atoms. The van der Waals surface area contributed by atoms with Gasteiger partial charge in [0.25, 0.3) is 0 Å². The molecule has 5 heteroatoms. The second-order valence-electron chi connectivity index (χ2n) is 4.11. The Balaban J connectivity index is 2.24. The predicted molar refractivity (Wildman–Crippen MR) is 81.4 cm³/mol. The summed E-state index contributed by atoms with van der Waals surface area (Å²) in [5, 5.41) is 13.4. The van der Waals surface area contributed by atoms with Crippen molar-refractivity contribution >= 4 is 17.3 Å². The summed E-state index contributed by atoms with van der Waals surface area (Å²) in [6.45, 7) is 0.282. The topological polar surface area (TPSA) is 54.6 Å². The Kier molecular flexibility index (Phi) is 5.19. The van der Waals surface area contributed by atoms with Gasteiger partial charge in [-0.1, -0.05) is 53.2 Å². The number of nitriles is 1. The highest BCUT2D eigenvalue weighted by molar-refractivity contribution is 6.32. The minimum Gasteiger partial charge on any atom is -0.487 e. The Hall–Kier alpha value is -2.51. The van der Waals surface area contributed by atoms with Crippen molar-refractivity contribution in [3.8, 4) is 11.8 Å². The van der Waals surface area contributed by atoms with E-state index in [2.05, 4.69) is 9.99 Å². The molecule has 106 valence electrons. The number of para-hydroxylation sites is 1. The Morgan fingerprint density at radius 2 is 1.90 bits per heavy atom. The monoisotopic (exact) mass is 300 g/mol. The van der Waals surface area contributed by atoms with E-state index in [1.54, 1.807) is 18.2 Å². The molecule has 4 nitrogen and oxygen atoms in total. The molecular formula is C16H13ClN2O2. The smallest absolute Gasteiger partial charge is 0.187 e. The molecule has 0 unspecified atom stereocenters. The highest BCUT2D eigenvalue weighted by Crippen LogP contribution is 2.24. The Bertz CT molecular complexity index is 693. The first-order chi connectivity index (χ1) is 10.3. The third-order valence-electron chi connectivity index (χ3n) is 2.78. The van der Waals surface area contributed by atoms with Crippen LogP contribution in [-0.2, 0) is 11.4 Å². The summed E-state index contributed by atoms with van der Waals surface area (Å²) < 4.78 is 5.70. The molecule has 2 aromatic rings. The van der Waals surface area contributed by atoms with Crippen molar-refractivity contribution in [3.05, 3.63) is 64.7 Å². The molecule has 0 heterocycles. The van der Waals surface area contributed by atoms with Gasteiger partial charge in [0.1, 0.15) is 25.5 Å². The summed E-state index contributed by atoms with van der Waals surface area (Å²) in [4.78, 5) is 4.69. The number of oxime groups is 1. The minimum atomic E-state index is 0.204. The third-order valence-corrected chi connectivity index (χ3v) is 3.09. The third kappa shape index (κ3) is 3.74. The maximum Gasteiger partial charge on any atom is 0.187 e. The van der Waals surface area contributed by atoms with Crippen molar-refractivity contribution in [2.45, 2.75) is 6.61 Å². The predicted octanol–water partition coefficient (Wildman–Crippen LogP) is 3.79. The van der Waals surface area contributed by atoms with Gasteiger partial charge in [0.2, 0.25) is 0 Å². The zero-order valence-electron chi connectivity index (χ0n) is 11.4. The molecule has 0 aliphatic rings. The van der Waals surface area contributed by atoms with Crippen LogP contribution in [0.2, 0.25) is 5.02 Å². The van der Waals surface area contributed by atoms with Crippen molar-refractivity contribution in [2.75, 3.05) is 7.11 Å². The lowest BCUT2D eigenvalue weighted by Gasteiger charge is -2.10. The van der Waals surface area contributed by atoms with E-state index in [1.165, 1.54) is 7.11 Å². The van der Waals surface area contributed by atoms with Crippen LogP contribution >= 0.6 is 11.6 Å². The maximum absolute atomic E-state index is 9.14. The first-order valence-electron chi connectivity index (χ1n) is 6.23. The molecule has 0 atom stereocenters. The molecule has 0 fully saturated rings. The summed E-state index contributed by atoms with van der Waals surface area (Å²) in [5.41, 5.74) is 1.71. The highest BCUT2D eigenvalue weighted by atomic mass is 35.5. The van der Waals surface area contributed by atoms with Crippen LogP contribution in [0.5, 0.6) is 5.75 Å². The molecule has 0 N–H and O–H groups in total. The van der Waals surface area contributed by atoms with E-state index in [4.69, 9.17) is 21.6 Å². The lowest BCUT2D eigenvalue weighted by atomic mass is 10.0. The minimum absolute atomic E-state index is 0.204. The normalized spacial score (nSPS) is 10.8. The number of nitrogens with zero attached hydrogens (tertiary/aromatic N) is 2. The molecular weight excluding hydrogens is 288 g/mol. The average Bonchev–Trinajstić information content (AvgIpc) is 2.52. The van der Waals surface area contributed by atoms with Crippen LogP contribution in [0.15, 0.2) is 53.7 Å². The van der Waals surface area contributed by atoms with Crippen LogP contribution in [0.25, 0.3) is 0 Å². The van der Waals surface area contributed by atoms with Crippen LogP contribution in [0, 0.1) is 11.3 Å². The van der Waals surface area contributed by atoms with Crippen LogP contribution in [-0.4, -0.2) is 12.8 Å². The number of benzene rings is 2. The summed E-state index contributed by atoms with van der Waals surface area (Å²) >= 11 is 6.05. The van der Waals surface area contributed by atoms with Gasteiger partial charge in [-0.25, -0.2) is 0 Å². The van der Waals surface area contributed by atoms with E-state index in [-0.39, 0.29) is 12.3 Å². The van der Waals surface area contributed by atoms with Crippen LogP contribution in [0.1, 0.15) is 11.1 Å². The second-order valence-corrected chi connectivity index (χ2v) is 4.52. The van der Waals surface area contributed by atoms with Gasteiger partial charge < -0.3 is 9.57 Å². The summed E-state index contributed by atoms with van der Waals surface area (Å²) in [5.74, 6) is 0.594. The van der Waals surface area contributed by atoms with Gasteiger partial charge in [-0.3, -0.25) is 0 Å². The largest absolute Gasteiger partial charge is 0.487 e. The van der Waals surface area contributed by atoms with Gasteiger partial charge in [0, 0.05) is 5.56 Å². The molecule has 0 bridgehead atoms. The first-order valence-corrected chi connectivity index (χ1v) is 6.61. The van der Waals surface area contributed by atoms with Crippen molar-refractivity contribution in [3.63, 3.8) is 0 Å². The molecule has 0 spiro atoms. The number of hydrogen-bond donors (Lipinski definition) is 0. The van der Waals surface area contributed by atoms with Gasteiger partial charge in [-0.15, -0.1) is 0 Å². The molecule has 0 radical (unpaired) electrons. The van der Waals surface area contributed by atoms with E-state index in [1.807, 2.05) is 36.4 Å². The van der Waals surface area contributed by atoms with E-state index in [9.17, 15) is 0 Å². The molecule has 2 aromatic carbocycles. The average molecular weight is 301 g/mol. The fraction of sp³-hybridized carbons (Fsp3) is 0.125. The molecule has 2 rings (SSSR count). The molecule has 0 aliphatic carbocycles. The maximum atomic E-state index is 9.14. The van der Waals surface area contributed by atoms with Crippen molar-refractivity contribution in [1.29, 1.82) is 5.26 Å². The van der Waals surface area contributed by atoms with E-state index >= 15 is 0 Å². The van der Waals surface area contributed by atoms with Gasteiger partial charge in [-0.2, -0.15) is 5.26 Å². The fourth-order valence-corrected chi connectivity index (χ4v) is 2.01. The molecule has 0 aromatic heterocycles. The summed E-state index contributed by atoms with van der Waals surface area (Å²) in [7, 11) is 1.40. The van der Waals surface area contributed by atoms with Crippen molar-refractivity contribution in [2.24, 2.45) is 5.16 Å². The van der Waals surface area contributed by atoms with E-state index in [0.717, 1.165) is 5.56 Å². The van der Waals surface area contributed by atoms with Gasteiger partial charge >= 0.3 is 0 Å². The molecule has 0 saturated carbocycles. The van der Waals surface area contributed by atoms with Gasteiger partial charge in [-0.05, 0) is 17.7 Å². The SMILES string of the molecule is CO/N=C(\C#N)c1ccccc1COc1ccccc1Cl. The lowest BCUT2D eigenvalue weighted by Crippen LogP contribution is -2.06. The number of hydrogen-bond acceptors (Lipinski definition) is 4. The second kappa shape index (κ2) is 7.32. The Labute approximate surface area is 128 Å². The lowest BCUT2D eigenvalue weighted by molar-refractivity contribution is 0.214. The van der Waals surface area contributed by atoms with Crippen LogP contribution in [0.3, 0.4) is 0 Å². The van der Waals surface area contributed by atoms with Gasteiger partial charge in [0.15, 0.2) is 5.71 Å². The number of rotatable bonds is 5. The fourth-order valence-electron chi connectivity index (χ4n) is 1.82. The van der Waals surface area contributed by atoms with Crippen LogP contribution in [0.4, 0.5) is 0 Å². The number of ether oxygens (including phenoxy) is 1. The highest BCUT2D eigenvalue weighted by Gasteiger charge is 2.10. The first kappa shape index (κ1) is 14.9. The summed E-state index contributed by atoms with van der Waals surface area (Å²) in [6, 6.07) is 16.6. The molecule has 0 aliphatic heterocycles. The quantitative estimate of drug-likeness (QED) is 0.623. The van der Waals surface area contributed by atoms with Crippen LogP contribution < -0.4 is 4.74 Å². The van der Waals surface area contributed by atoms with Gasteiger partial charge in [0.05, 0.1) is 5.02 Å². The van der Waals surface area contributed by atoms with Crippen molar-refractivity contribution in [1.82, 2.24) is 0 Å². The number of halogens is 1. The Morgan fingerprint density at radius 1 is 1.19 bits per heavy atom. The van der Waals surface area contributed by atoms with E-state index in [0.29, 0.717) is 16.3 Å². The summed E-state index contributed by atoms with van der Waals surface area (Å²) in [6.07, 6.45) is 0. The standard InChI is InChI=1S/C16H13ClN2O2/c1-20-19-15(10-18)13-7-3-2-6-12(13)11-21-16-9-5-4-8-14(16)17/h2-9H,11H2,1H3/b19-15+. The van der Waals surface area contributed by atoms with E-state index < -0.39 is 0 Å². The molecule has 0 saturated heterocycles. The zero-order valence-corrected chi connectivity index (χ0v) is 12.2. The van der Waals surface area contributed by atoms with Crippen molar-refractivity contribution < 1.29 is 9.57 Å².